The van der Waals surface area contributed by atoms with Crippen molar-refractivity contribution in [3.8, 4) is 0 Å². The minimum absolute atomic E-state index is 0.262. The number of carbonyl (C=O) groups is 1. The van der Waals surface area contributed by atoms with Crippen LogP contribution in [0.1, 0.15) is 39.9 Å². The summed E-state index contributed by atoms with van der Waals surface area (Å²) in [5.74, 6) is 1.83. The highest BCUT2D eigenvalue weighted by atomic mass is 16.3. The average molecular weight is 319 g/mol. The molecular weight excluding hydrogens is 298 g/mol. The van der Waals surface area contributed by atoms with E-state index >= 15 is 0 Å². The van der Waals surface area contributed by atoms with Crippen molar-refractivity contribution in [3.05, 3.63) is 41.0 Å². The molecular formula is C16H21N3O4. The zero-order valence-corrected chi connectivity index (χ0v) is 13.3. The van der Waals surface area contributed by atoms with Gasteiger partial charge in [0.1, 0.15) is 17.8 Å². The normalized spacial score (nSPS) is 18.5. The van der Waals surface area contributed by atoms with Gasteiger partial charge in [-0.25, -0.2) is 4.98 Å². The lowest BCUT2D eigenvalue weighted by atomic mass is 10.2. The van der Waals surface area contributed by atoms with Crippen LogP contribution in [0.3, 0.4) is 0 Å². The summed E-state index contributed by atoms with van der Waals surface area (Å²) in [6.45, 7) is 6.06. The fourth-order valence-electron chi connectivity index (χ4n) is 2.76. The van der Waals surface area contributed by atoms with Crippen molar-refractivity contribution in [1.82, 2.24) is 15.2 Å². The number of aryl methyl sites for hydroxylation is 2. The molecule has 3 heterocycles. The van der Waals surface area contributed by atoms with Gasteiger partial charge in [0, 0.05) is 25.2 Å². The van der Waals surface area contributed by atoms with Crippen molar-refractivity contribution in [3.63, 3.8) is 0 Å². The molecule has 2 aromatic heterocycles. The number of β-amino-alcohol motifs (C(OH)–C–C–N with tert-alkyl or cyclic N) is 1. The number of carbonyl (C=O) groups excluding carboxylic acids is 1. The molecule has 2 aromatic rings. The summed E-state index contributed by atoms with van der Waals surface area (Å²) in [7, 11) is 0. The second-order valence-electron chi connectivity index (χ2n) is 5.93. The van der Waals surface area contributed by atoms with E-state index in [0.717, 1.165) is 30.0 Å². The van der Waals surface area contributed by atoms with Crippen LogP contribution in [0.25, 0.3) is 0 Å². The number of oxazole rings is 1. The average Bonchev–Trinajstić information content (AvgIpc) is 3.19. The van der Waals surface area contributed by atoms with Crippen molar-refractivity contribution in [2.75, 3.05) is 13.1 Å². The topological polar surface area (TPSA) is 91.7 Å². The number of rotatable bonds is 5. The molecule has 1 atom stereocenters. The van der Waals surface area contributed by atoms with E-state index in [0.29, 0.717) is 25.5 Å². The summed E-state index contributed by atoms with van der Waals surface area (Å²) in [5, 5.41) is 12.3. The van der Waals surface area contributed by atoms with E-state index in [1.807, 2.05) is 19.9 Å². The first-order chi connectivity index (χ1) is 11.0. The summed E-state index contributed by atoms with van der Waals surface area (Å²) in [6.07, 6.45) is 1.84. The summed E-state index contributed by atoms with van der Waals surface area (Å²) < 4.78 is 10.8. The lowest BCUT2D eigenvalue weighted by molar-refractivity contribution is 0.0945. The third kappa shape index (κ3) is 3.80. The highest BCUT2D eigenvalue weighted by molar-refractivity contribution is 5.91. The Morgan fingerprint density at radius 2 is 2.35 bits per heavy atom. The number of likely N-dealkylation sites (tertiary alicyclic amines) is 1. The van der Waals surface area contributed by atoms with Crippen molar-refractivity contribution in [2.45, 2.75) is 39.5 Å². The van der Waals surface area contributed by atoms with Gasteiger partial charge in [0.15, 0.2) is 5.69 Å². The first-order valence-electron chi connectivity index (χ1n) is 7.70. The molecule has 0 spiro atoms. The molecule has 1 fully saturated rings. The van der Waals surface area contributed by atoms with E-state index in [2.05, 4.69) is 15.2 Å². The van der Waals surface area contributed by atoms with Crippen LogP contribution < -0.4 is 5.32 Å². The smallest absolute Gasteiger partial charge is 0.273 e. The molecule has 0 saturated carbocycles. The monoisotopic (exact) mass is 319 g/mol. The van der Waals surface area contributed by atoms with Gasteiger partial charge in [-0.3, -0.25) is 9.69 Å². The molecule has 0 radical (unpaired) electrons. The maximum Gasteiger partial charge on any atom is 0.273 e. The molecule has 0 aliphatic carbocycles. The number of amides is 1. The predicted molar refractivity (Wildman–Crippen MR) is 81.8 cm³/mol. The number of hydrogen-bond acceptors (Lipinski definition) is 6. The van der Waals surface area contributed by atoms with Crippen molar-refractivity contribution < 1.29 is 18.7 Å². The van der Waals surface area contributed by atoms with E-state index in [-0.39, 0.29) is 17.7 Å². The Morgan fingerprint density at radius 1 is 1.52 bits per heavy atom. The number of aliphatic hydroxyl groups excluding tert-OH is 1. The Balaban J connectivity index is 1.54. The summed E-state index contributed by atoms with van der Waals surface area (Å²) in [6, 6.07) is 1.91. The van der Waals surface area contributed by atoms with E-state index in [1.165, 1.54) is 6.26 Å². The van der Waals surface area contributed by atoms with Crippen molar-refractivity contribution >= 4 is 5.91 Å². The van der Waals surface area contributed by atoms with Crippen LogP contribution in [0.5, 0.6) is 0 Å². The first-order valence-corrected chi connectivity index (χ1v) is 7.70. The fraction of sp³-hybridized carbons (Fsp3) is 0.500. The summed E-state index contributed by atoms with van der Waals surface area (Å²) in [5.41, 5.74) is 1.21. The van der Waals surface area contributed by atoms with Crippen LogP contribution in [0.15, 0.2) is 21.2 Å². The minimum Gasteiger partial charge on any atom is -0.466 e. The van der Waals surface area contributed by atoms with Crippen LogP contribution >= 0.6 is 0 Å². The summed E-state index contributed by atoms with van der Waals surface area (Å²) >= 11 is 0. The number of nitrogens with zero attached hydrogens (tertiary/aromatic N) is 2. The minimum atomic E-state index is -0.283. The van der Waals surface area contributed by atoms with Crippen molar-refractivity contribution in [2.24, 2.45) is 0 Å². The van der Waals surface area contributed by atoms with Gasteiger partial charge in [-0.1, -0.05) is 0 Å². The second-order valence-corrected chi connectivity index (χ2v) is 5.93. The van der Waals surface area contributed by atoms with Gasteiger partial charge in [0.05, 0.1) is 12.6 Å². The standard InChI is InChI=1S/C16H21N3O4/c1-10-5-12(11(2)23-10)6-17-16(21)14-9-22-15(18-14)8-19-4-3-13(20)7-19/h5,9,13,20H,3-4,6-8H2,1-2H3,(H,17,21)/t13-/m0/s1. The number of aliphatic hydroxyl groups is 1. The van der Waals surface area contributed by atoms with Gasteiger partial charge >= 0.3 is 0 Å². The first kappa shape index (κ1) is 15.8. The highest BCUT2D eigenvalue weighted by Crippen LogP contribution is 2.15. The third-order valence-electron chi connectivity index (χ3n) is 3.97. The van der Waals surface area contributed by atoms with E-state index < -0.39 is 0 Å². The molecule has 7 heteroatoms. The van der Waals surface area contributed by atoms with Crippen molar-refractivity contribution in [1.29, 1.82) is 0 Å². The quantitative estimate of drug-likeness (QED) is 0.865. The van der Waals surface area contributed by atoms with Gasteiger partial charge in [0.25, 0.3) is 5.91 Å². The third-order valence-corrected chi connectivity index (χ3v) is 3.97. The summed E-state index contributed by atoms with van der Waals surface area (Å²) in [4.78, 5) is 18.4. The Labute approximate surface area is 134 Å². The molecule has 23 heavy (non-hydrogen) atoms. The Kier molecular flexibility index (Phi) is 4.49. The number of hydrogen-bond donors (Lipinski definition) is 2. The zero-order chi connectivity index (χ0) is 16.4. The number of furan rings is 1. The molecule has 0 unspecified atom stereocenters. The molecule has 0 bridgehead atoms. The molecule has 2 N–H and O–H groups in total. The maximum absolute atomic E-state index is 12.1. The highest BCUT2D eigenvalue weighted by Gasteiger charge is 2.22. The Hall–Kier alpha value is -2.12. The van der Waals surface area contributed by atoms with Crippen LogP contribution in [-0.4, -0.2) is 40.1 Å². The Bertz CT molecular complexity index is 691. The van der Waals surface area contributed by atoms with Crippen LogP contribution in [0, 0.1) is 13.8 Å². The molecule has 1 saturated heterocycles. The van der Waals surface area contributed by atoms with E-state index in [9.17, 15) is 9.90 Å². The lowest BCUT2D eigenvalue weighted by Gasteiger charge is -2.11. The molecule has 1 amide bonds. The van der Waals surface area contributed by atoms with E-state index in [4.69, 9.17) is 8.83 Å². The molecule has 0 aromatic carbocycles. The number of aromatic nitrogens is 1. The fourth-order valence-corrected chi connectivity index (χ4v) is 2.76. The maximum atomic E-state index is 12.1. The SMILES string of the molecule is Cc1cc(CNC(=O)c2coc(CN3CC[C@H](O)C3)n2)c(C)o1. The molecule has 7 nitrogen and oxygen atoms in total. The second kappa shape index (κ2) is 6.55. The van der Waals surface area contributed by atoms with Crippen LogP contribution in [0.2, 0.25) is 0 Å². The van der Waals surface area contributed by atoms with Gasteiger partial charge in [-0.2, -0.15) is 0 Å². The molecule has 1 aliphatic heterocycles. The van der Waals surface area contributed by atoms with Gasteiger partial charge in [-0.05, 0) is 26.3 Å². The Morgan fingerprint density at radius 3 is 3.00 bits per heavy atom. The van der Waals surface area contributed by atoms with Gasteiger partial charge in [0.2, 0.25) is 5.89 Å². The molecule has 3 rings (SSSR count). The lowest BCUT2D eigenvalue weighted by Crippen LogP contribution is -2.24. The zero-order valence-electron chi connectivity index (χ0n) is 13.3. The van der Waals surface area contributed by atoms with Crippen LogP contribution in [-0.2, 0) is 13.1 Å². The largest absolute Gasteiger partial charge is 0.466 e. The molecule has 124 valence electrons. The van der Waals surface area contributed by atoms with Gasteiger partial charge in [-0.15, -0.1) is 0 Å². The molecule has 1 aliphatic rings. The number of nitrogens with one attached hydrogen (secondary N) is 1. The van der Waals surface area contributed by atoms with E-state index in [1.54, 1.807) is 0 Å². The predicted octanol–water partition coefficient (Wildman–Crippen LogP) is 1.38. The van der Waals surface area contributed by atoms with Crippen LogP contribution in [0.4, 0.5) is 0 Å². The van der Waals surface area contributed by atoms with Gasteiger partial charge < -0.3 is 19.3 Å².